The van der Waals surface area contributed by atoms with Crippen molar-refractivity contribution in [3.05, 3.63) is 65.1 Å². The minimum atomic E-state index is -4.62. The molecule has 2 heterocycles. The highest BCUT2D eigenvalue weighted by molar-refractivity contribution is 5.99. The van der Waals surface area contributed by atoms with Crippen LogP contribution in [0.25, 0.3) is 11.1 Å². The Kier molecular flexibility index (Phi) is 8.42. The number of ether oxygens (including phenoxy) is 1. The lowest BCUT2D eigenvalue weighted by Crippen LogP contribution is -2.23. The first-order chi connectivity index (χ1) is 17.3. The molecule has 198 valence electrons. The lowest BCUT2D eigenvalue weighted by Gasteiger charge is -2.24. The number of nitrogens with zero attached hydrogens (tertiary/aromatic N) is 2. The second kappa shape index (κ2) is 11.2. The first-order valence-corrected chi connectivity index (χ1v) is 11.8. The zero-order chi connectivity index (χ0) is 27.4. The second-order valence-electron chi connectivity index (χ2n) is 9.58. The van der Waals surface area contributed by atoms with Gasteiger partial charge in [-0.2, -0.15) is 13.2 Å². The molecule has 0 saturated heterocycles. The molecular formula is C27H31F3N4O3. The number of pyridine rings is 2. The van der Waals surface area contributed by atoms with Crippen LogP contribution in [0.4, 0.5) is 29.5 Å². The minimum Gasteiger partial charge on any atom is -0.492 e. The highest BCUT2D eigenvalue weighted by atomic mass is 19.4. The number of aliphatic hydroxyl groups is 1. The van der Waals surface area contributed by atoms with Crippen LogP contribution in [-0.2, 0) is 12.6 Å². The number of nitrogens with one attached hydrogen (secondary N) is 2. The molecule has 0 saturated carbocycles. The summed E-state index contributed by atoms with van der Waals surface area (Å²) in [6.45, 7) is 9.11. The van der Waals surface area contributed by atoms with Gasteiger partial charge in [0.2, 0.25) is 0 Å². The Labute approximate surface area is 214 Å². The van der Waals surface area contributed by atoms with E-state index < -0.39 is 23.2 Å². The Morgan fingerprint density at radius 3 is 2.32 bits per heavy atom. The van der Waals surface area contributed by atoms with Crippen molar-refractivity contribution in [3.8, 4) is 16.9 Å². The van der Waals surface area contributed by atoms with Crippen molar-refractivity contribution in [2.75, 3.05) is 23.8 Å². The normalized spacial score (nSPS) is 11.8. The number of halogens is 3. The monoisotopic (exact) mass is 516 g/mol. The zero-order valence-electron chi connectivity index (χ0n) is 21.5. The zero-order valence-corrected chi connectivity index (χ0v) is 21.5. The van der Waals surface area contributed by atoms with Crippen molar-refractivity contribution in [1.82, 2.24) is 9.97 Å². The van der Waals surface area contributed by atoms with Gasteiger partial charge in [-0.15, -0.1) is 0 Å². The fourth-order valence-electron chi connectivity index (χ4n) is 3.75. The van der Waals surface area contributed by atoms with E-state index in [1.54, 1.807) is 33.2 Å². The largest absolute Gasteiger partial charge is 0.492 e. The Morgan fingerprint density at radius 2 is 1.70 bits per heavy atom. The third-order valence-corrected chi connectivity index (χ3v) is 5.75. The maximum atomic E-state index is 13.7. The van der Waals surface area contributed by atoms with Gasteiger partial charge in [0.05, 0.1) is 17.9 Å². The van der Waals surface area contributed by atoms with Gasteiger partial charge in [0.25, 0.3) is 0 Å². The van der Waals surface area contributed by atoms with Gasteiger partial charge < -0.3 is 15.2 Å². The number of benzene rings is 1. The van der Waals surface area contributed by atoms with E-state index in [0.29, 0.717) is 17.9 Å². The molecule has 0 fully saturated rings. The predicted molar refractivity (Wildman–Crippen MR) is 137 cm³/mol. The number of carbonyl (C=O) groups is 1. The van der Waals surface area contributed by atoms with Gasteiger partial charge in [0, 0.05) is 35.8 Å². The van der Waals surface area contributed by atoms with E-state index in [1.807, 2.05) is 26.0 Å². The van der Waals surface area contributed by atoms with E-state index in [4.69, 9.17) is 4.74 Å². The summed E-state index contributed by atoms with van der Waals surface area (Å²) in [4.78, 5) is 21.2. The van der Waals surface area contributed by atoms with Crippen molar-refractivity contribution < 1.29 is 27.8 Å². The summed E-state index contributed by atoms with van der Waals surface area (Å²) in [5.41, 5.74) is 1.44. The smallest absolute Gasteiger partial charge is 0.416 e. The van der Waals surface area contributed by atoms with Crippen LogP contribution in [0, 0.1) is 19.3 Å². The molecule has 10 heteroatoms. The fourth-order valence-corrected chi connectivity index (χ4v) is 3.75. The van der Waals surface area contributed by atoms with Crippen LogP contribution in [0.3, 0.4) is 0 Å². The van der Waals surface area contributed by atoms with Crippen molar-refractivity contribution in [3.63, 3.8) is 0 Å². The van der Waals surface area contributed by atoms with Crippen molar-refractivity contribution in [1.29, 1.82) is 0 Å². The van der Waals surface area contributed by atoms with Crippen LogP contribution in [0.5, 0.6) is 5.75 Å². The molecule has 3 aromatic rings. The van der Waals surface area contributed by atoms with Crippen LogP contribution >= 0.6 is 0 Å². The molecule has 3 N–H and O–H groups in total. The van der Waals surface area contributed by atoms with Gasteiger partial charge >= 0.3 is 12.2 Å². The van der Waals surface area contributed by atoms with Gasteiger partial charge in [-0.05, 0) is 68.0 Å². The molecule has 37 heavy (non-hydrogen) atoms. The Balaban J connectivity index is 1.77. The van der Waals surface area contributed by atoms with Gasteiger partial charge in [0.15, 0.2) is 0 Å². The number of rotatable bonds is 8. The van der Waals surface area contributed by atoms with E-state index in [1.165, 1.54) is 12.1 Å². The molecule has 0 bridgehead atoms. The molecule has 7 nitrogen and oxygen atoms in total. The third-order valence-electron chi connectivity index (χ3n) is 5.75. The van der Waals surface area contributed by atoms with E-state index >= 15 is 0 Å². The molecular weight excluding hydrogens is 485 g/mol. The second-order valence-corrected chi connectivity index (χ2v) is 9.58. The van der Waals surface area contributed by atoms with Crippen molar-refractivity contribution in [2.45, 2.75) is 47.2 Å². The molecule has 0 aliphatic carbocycles. The average Bonchev–Trinajstić information content (AvgIpc) is 2.82. The average molecular weight is 517 g/mol. The number of aryl methyl sites for hydroxylation is 2. The Morgan fingerprint density at radius 1 is 1.03 bits per heavy atom. The van der Waals surface area contributed by atoms with E-state index in [0.717, 1.165) is 22.9 Å². The Bertz CT molecular complexity index is 1280. The SMILES string of the molecule is CCOc1cc(-c2cnc(NC(=O)Nc3ccc(CC(C)(C)CO)c(C(F)(F)F)c3)c(C)c2)cnc1C. The first kappa shape index (κ1) is 27.9. The molecule has 0 unspecified atom stereocenters. The van der Waals surface area contributed by atoms with Crippen molar-refractivity contribution >= 4 is 17.5 Å². The number of hydrogen-bond acceptors (Lipinski definition) is 5. The molecule has 1 aromatic carbocycles. The highest BCUT2D eigenvalue weighted by Gasteiger charge is 2.35. The quantitative estimate of drug-likeness (QED) is 0.323. The summed E-state index contributed by atoms with van der Waals surface area (Å²) in [5, 5.41) is 14.5. The molecule has 0 spiro atoms. The predicted octanol–water partition coefficient (Wildman–Crippen LogP) is 6.38. The van der Waals surface area contributed by atoms with Crippen LogP contribution in [0.2, 0.25) is 0 Å². The van der Waals surface area contributed by atoms with E-state index in [-0.39, 0.29) is 30.1 Å². The lowest BCUT2D eigenvalue weighted by atomic mass is 9.85. The molecule has 2 aromatic heterocycles. The fraction of sp³-hybridized carbons (Fsp3) is 0.370. The molecule has 0 aliphatic heterocycles. The number of hydrogen-bond donors (Lipinski definition) is 3. The minimum absolute atomic E-state index is 0.0150. The van der Waals surface area contributed by atoms with Crippen LogP contribution in [0.1, 0.15) is 43.2 Å². The van der Waals surface area contributed by atoms with Crippen LogP contribution < -0.4 is 15.4 Å². The van der Waals surface area contributed by atoms with Crippen molar-refractivity contribution in [2.24, 2.45) is 5.41 Å². The summed E-state index contributed by atoms with van der Waals surface area (Å²) in [6, 6.07) is 6.58. The molecule has 2 amide bonds. The number of amides is 2. The van der Waals surface area contributed by atoms with Crippen LogP contribution in [0.15, 0.2) is 42.7 Å². The number of aromatic nitrogens is 2. The molecule has 0 aliphatic rings. The summed E-state index contributed by atoms with van der Waals surface area (Å²) in [6.07, 6.45) is -1.30. The Hall–Kier alpha value is -3.66. The number of carbonyl (C=O) groups excluding carboxylic acids is 1. The van der Waals surface area contributed by atoms with Gasteiger partial charge in [-0.3, -0.25) is 10.3 Å². The van der Waals surface area contributed by atoms with E-state index in [9.17, 15) is 23.1 Å². The summed E-state index contributed by atoms with van der Waals surface area (Å²) >= 11 is 0. The van der Waals surface area contributed by atoms with Gasteiger partial charge in [-0.1, -0.05) is 19.9 Å². The summed E-state index contributed by atoms with van der Waals surface area (Å²) in [5.74, 6) is 0.937. The number of anilines is 2. The molecule has 3 rings (SSSR count). The maximum absolute atomic E-state index is 13.7. The standard InChI is InChI=1S/C27H31F3N4O3/c1-6-37-23-10-20(13-31-17(23)3)19-9-16(2)24(32-14-19)34-25(36)33-21-8-7-18(12-26(4,5)15-35)22(11-21)27(28,29)30/h7-11,13-14,35H,6,12,15H2,1-5H3,(H2,32,33,34,36). The number of urea groups is 1. The number of alkyl halides is 3. The van der Waals surface area contributed by atoms with E-state index in [2.05, 4.69) is 20.6 Å². The maximum Gasteiger partial charge on any atom is 0.416 e. The van der Waals surface area contributed by atoms with Crippen LogP contribution in [-0.4, -0.2) is 34.3 Å². The first-order valence-electron chi connectivity index (χ1n) is 11.8. The third kappa shape index (κ3) is 7.19. The van der Waals surface area contributed by atoms with Gasteiger partial charge in [-0.25, -0.2) is 9.78 Å². The number of aliphatic hydroxyl groups excluding tert-OH is 1. The molecule has 0 atom stereocenters. The topological polar surface area (TPSA) is 96.4 Å². The highest BCUT2D eigenvalue weighted by Crippen LogP contribution is 2.36. The molecule has 0 radical (unpaired) electrons. The lowest BCUT2D eigenvalue weighted by molar-refractivity contribution is -0.138. The summed E-state index contributed by atoms with van der Waals surface area (Å²) in [7, 11) is 0. The summed E-state index contributed by atoms with van der Waals surface area (Å²) < 4.78 is 46.7. The van der Waals surface area contributed by atoms with Gasteiger partial charge in [0.1, 0.15) is 11.6 Å².